The van der Waals surface area contributed by atoms with E-state index in [1.807, 2.05) is 6.92 Å². The van der Waals surface area contributed by atoms with Crippen LogP contribution in [-0.4, -0.2) is 23.4 Å². The number of rotatable bonds is 6. The van der Waals surface area contributed by atoms with Crippen molar-refractivity contribution in [2.24, 2.45) is 22.7 Å². The average Bonchev–Trinajstić information content (AvgIpc) is 2.99. The van der Waals surface area contributed by atoms with Gasteiger partial charge >= 0.3 is 5.97 Å². The van der Waals surface area contributed by atoms with Crippen molar-refractivity contribution < 1.29 is 19.2 Å². The first-order chi connectivity index (χ1) is 12.5. The molecule has 1 heterocycles. The summed E-state index contributed by atoms with van der Waals surface area (Å²) in [4.78, 5) is 42.3. The number of Topliss-reactive ketones (excluding diaryl/α,β-unsaturated/α-hetero) is 2. The molecule has 2 aromatic carbocycles. The van der Waals surface area contributed by atoms with Crippen molar-refractivity contribution in [1.29, 1.82) is 0 Å². The lowest BCUT2D eigenvalue weighted by Crippen LogP contribution is -2.38. The number of aryl methyl sites for hydroxylation is 1. The predicted octanol–water partition coefficient (Wildman–Crippen LogP) is 2.51. The van der Waals surface area contributed by atoms with E-state index in [4.69, 9.17) is 5.73 Å². The van der Waals surface area contributed by atoms with Crippen molar-refractivity contribution in [2.75, 3.05) is 0 Å². The Morgan fingerprint density at radius 1 is 1.08 bits per heavy atom. The smallest absolute Gasteiger partial charge is 0.346 e. The quantitative estimate of drug-likeness (QED) is 0.637. The molecule has 0 fully saturated rings. The van der Waals surface area contributed by atoms with Gasteiger partial charge in [-0.1, -0.05) is 65.3 Å². The minimum Gasteiger partial charge on any atom is -0.384 e. The number of amidine groups is 1. The molecule has 3 rings (SSSR count). The van der Waals surface area contributed by atoms with Crippen LogP contribution in [0.3, 0.4) is 0 Å². The first-order valence-electron chi connectivity index (χ1n) is 8.20. The van der Waals surface area contributed by atoms with Crippen LogP contribution in [-0.2, 0) is 9.63 Å². The summed E-state index contributed by atoms with van der Waals surface area (Å²) in [6.07, 6.45) is -0.160. The second-order valence-corrected chi connectivity index (χ2v) is 6.23. The minimum atomic E-state index is -1.06. The molecule has 0 aliphatic carbocycles. The van der Waals surface area contributed by atoms with E-state index in [0.717, 1.165) is 5.56 Å². The third-order valence-electron chi connectivity index (χ3n) is 4.39. The molecule has 0 saturated heterocycles. The van der Waals surface area contributed by atoms with Crippen LogP contribution in [0.4, 0.5) is 0 Å². The van der Waals surface area contributed by atoms with E-state index in [0.29, 0.717) is 11.1 Å². The summed E-state index contributed by atoms with van der Waals surface area (Å²) < 4.78 is 0. The van der Waals surface area contributed by atoms with E-state index in [1.54, 1.807) is 54.6 Å². The number of benzene rings is 2. The second-order valence-electron chi connectivity index (χ2n) is 6.23. The third kappa shape index (κ3) is 3.54. The molecule has 2 N–H and O–H groups in total. The Bertz CT molecular complexity index is 872. The van der Waals surface area contributed by atoms with Gasteiger partial charge in [0.1, 0.15) is 5.92 Å². The summed E-state index contributed by atoms with van der Waals surface area (Å²) in [5, 5.41) is 3.47. The zero-order chi connectivity index (χ0) is 18.7. The highest BCUT2D eigenvalue weighted by Crippen LogP contribution is 2.28. The van der Waals surface area contributed by atoms with E-state index < -0.39 is 17.8 Å². The van der Waals surface area contributed by atoms with Crippen LogP contribution < -0.4 is 5.73 Å². The maximum absolute atomic E-state index is 13.0. The molecule has 132 valence electrons. The van der Waals surface area contributed by atoms with Crippen LogP contribution in [0.1, 0.15) is 32.7 Å². The minimum absolute atomic E-state index is 0.0821. The molecule has 6 heteroatoms. The summed E-state index contributed by atoms with van der Waals surface area (Å²) in [6.45, 7) is 1.91. The fourth-order valence-electron chi connectivity index (χ4n) is 2.94. The highest BCUT2D eigenvalue weighted by molar-refractivity contribution is 6.12. The molecule has 0 amide bonds. The van der Waals surface area contributed by atoms with Gasteiger partial charge in [-0.3, -0.25) is 9.59 Å². The van der Waals surface area contributed by atoms with Gasteiger partial charge in [0.25, 0.3) is 0 Å². The molecule has 0 bridgehead atoms. The number of hydrogen-bond acceptors (Lipinski definition) is 6. The Morgan fingerprint density at radius 2 is 1.73 bits per heavy atom. The van der Waals surface area contributed by atoms with Gasteiger partial charge in [0.05, 0.1) is 5.92 Å². The van der Waals surface area contributed by atoms with E-state index in [1.165, 1.54) is 0 Å². The van der Waals surface area contributed by atoms with Gasteiger partial charge in [0, 0.05) is 17.5 Å². The van der Waals surface area contributed by atoms with Gasteiger partial charge in [-0.05, 0) is 6.92 Å². The van der Waals surface area contributed by atoms with Crippen molar-refractivity contribution in [3.05, 3.63) is 71.3 Å². The molecular weight excluding hydrogens is 332 g/mol. The third-order valence-corrected chi connectivity index (χ3v) is 4.39. The Balaban J connectivity index is 1.93. The first kappa shape index (κ1) is 17.5. The largest absolute Gasteiger partial charge is 0.384 e. The predicted molar refractivity (Wildman–Crippen MR) is 95.6 cm³/mol. The van der Waals surface area contributed by atoms with E-state index in [2.05, 4.69) is 9.99 Å². The molecule has 1 aliphatic heterocycles. The molecule has 0 radical (unpaired) electrons. The molecule has 0 aromatic heterocycles. The molecule has 6 nitrogen and oxygen atoms in total. The van der Waals surface area contributed by atoms with Crippen LogP contribution >= 0.6 is 0 Å². The Kier molecular flexibility index (Phi) is 4.93. The van der Waals surface area contributed by atoms with Gasteiger partial charge in [-0.15, -0.1) is 0 Å². The van der Waals surface area contributed by atoms with E-state index in [9.17, 15) is 14.4 Å². The zero-order valence-electron chi connectivity index (χ0n) is 14.2. The van der Waals surface area contributed by atoms with Crippen molar-refractivity contribution in [3.8, 4) is 0 Å². The molecule has 2 aromatic rings. The molecular formula is C20H18N2O4. The summed E-state index contributed by atoms with van der Waals surface area (Å²) in [7, 11) is 0. The standard InChI is InChI=1S/C20H18N2O4/c1-12-7-9-14(10-8-12)18(24)15(17-19(21)22-26-20(17)25)11-16(23)13-5-3-2-4-6-13/h2-10,15,17H,11H2,1H3,(H2,21,22). The van der Waals surface area contributed by atoms with Gasteiger partial charge < -0.3 is 10.6 Å². The van der Waals surface area contributed by atoms with Crippen LogP contribution in [0.2, 0.25) is 0 Å². The fraction of sp³-hybridized carbons (Fsp3) is 0.200. The summed E-state index contributed by atoms with van der Waals surface area (Å²) >= 11 is 0. The maximum Gasteiger partial charge on any atom is 0.346 e. The number of nitrogens with two attached hydrogens (primary N) is 1. The van der Waals surface area contributed by atoms with Gasteiger partial charge in [0.2, 0.25) is 0 Å². The SMILES string of the molecule is Cc1ccc(C(=O)C(CC(=O)c2ccccc2)C2C(=O)ON=C2N)cc1. The maximum atomic E-state index is 13.0. The lowest BCUT2D eigenvalue weighted by molar-refractivity contribution is -0.144. The Labute approximate surface area is 150 Å². The Hall–Kier alpha value is -3.28. The monoisotopic (exact) mass is 350 g/mol. The zero-order valence-corrected chi connectivity index (χ0v) is 14.2. The van der Waals surface area contributed by atoms with E-state index >= 15 is 0 Å². The summed E-state index contributed by atoms with van der Waals surface area (Å²) in [5.41, 5.74) is 7.64. The molecule has 1 aliphatic rings. The molecule has 2 unspecified atom stereocenters. The van der Waals surface area contributed by atoms with E-state index in [-0.39, 0.29) is 23.8 Å². The van der Waals surface area contributed by atoms with Crippen molar-refractivity contribution in [3.63, 3.8) is 0 Å². The first-order valence-corrected chi connectivity index (χ1v) is 8.20. The fourth-order valence-corrected chi connectivity index (χ4v) is 2.94. The Morgan fingerprint density at radius 3 is 2.31 bits per heavy atom. The number of carbonyl (C=O) groups excluding carboxylic acids is 3. The van der Waals surface area contributed by atoms with Crippen molar-refractivity contribution >= 4 is 23.4 Å². The van der Waals surface area contributed by atoms with Crippen LogP contribution in [0.5, 0.6) is 0 Å². The van der Waals surface area contributed by atoms with Crippen molar-refractivity contribution in [1.82, 2.24) is 0 Å². The summed E-state index contributed by atoms with van der Waals surface area (Å²) in [6, 6.07) is 15.6. The summed E-state index contributed by atoms with van der Waals surface area (Å²) in [5.74, 6) is -3.41. The van der Waals surface area contributed by atoms with Gasteiger partial charge in [-0.2, -0.15) is 0 Å². The molecule has 0 spiro atoms. The normalized spacial score (nSPS) is 17.3. The highest BCUT2D eigenvalue weighted by Gasteiger charge is 2.43. The van der Waals surface area contributed by atoms with Crippen LogP contribution in [0.15, 0.2) is 59.8 Å². The molecule has 0 saturated carbocycles. The highest BCUT2D eigenvalue weighted by atomic mass is 16.7. The number of nitrogens with zero attached hydrogens (tertiary/aromatic N) is 1. The number of hydrogen-bond donors (Lipinski definition) is 1. The second kappa shape index (κ2) is 7.31. The number of carbonyl (C=O) groups is 3. The van der Waals surface area contributed by atoms with Crippen molar-refractivity contribution in [2.45, 2.75) is 13.3 Å². The van der Waals surface area contributed by atoms with Gasteiger partial charge in [-0.25, -0.2) is 4.79 Å². The average molecular weight is 350 g/mol. The number of oxime groups is 1. The van der Waals surface area contributed by atoms with Gasteiger partial charge in [0.15, 0.2) is 17.4 Å². The lowest BCUT2D eigenvalue weighted by Gasteiger charge is -2.19. The van der Waals surface area contributed by atoms with Crippen LogP contribution in [0.25, 0.3) is 0 Å². The van der Waals surface area contributed by atoms with Crippen LogP contribution in [0, 0.1) is 18.8 Å². The lowest BCUT2D eigenvalue weighted by atomic mass is 9.80. The topological polar surface area (TPSA) is 98.8 Å². The number of ketones is 2. The molecule has 2 atom stereocenters. The molecule has 26 heavy (non-hydrogen) atoms.